The first-order chi connectivity index (χ1) is 8.69. The van der Waals surface area contributed by atoms with E-state index >= 15 is 0 Å². The largest absolute Gasteiger partial charge is 0.342 e. The fourth-order valence-electron chi connectivity index (χ4n) is 2.40. The lowest BCUT2D eigenvalue weighted by Gasteiger charge is -2.16. The van der Waals surface area contributed by atoms with Crippen LogP contribution in [0, 0.1) is 5.92 Å². The summed E-state index contributed by atoms with van der Waals surface area (Å²) in [6.45, 7) is 2.81. The van der Waals surface area contributed by atoms with Crippen LogP contribution in [0.15, 0.2) is 28.7 Å². The van der Waals surface area contributed by atoms with Crippen molar-refractivity contribution in [2.45, 2.75) is 12.8 Å². The lowest BCUT2D eigenvalue weighted by atomic mass is 10.1. The van der Waals surface area contributed by atoms with E-state index in [1.807, 2.05) is 36.2 Å². The minimum Gasteiger partial charge on any atom is -0.342 e. The maximum absolute atomic E-state index is 12.1. The predicted molar refractivity (Wildman–Crippen MR) is 83.7 cm³/mol. The van der Waals surface area contributed by atoms with Gasteiger partial charge in [-0.05, 0) is 43.6 Å². The molecule has 0 bridgehead atoms. The Kier molecular flexibility index (Phi) is 6.83. The van der Waals surface area contributed by atoms with Crippen molar-refractivity contribution in [3.05, 3.63) is 34.3 Å². The third-order valence-electron chi connectivity index (χ3n) is 3.40. The molecule has 1 N–H and O–H groups in total. The summed E-state index contributed by atoms with van der Waals surface area (Å²) >= 11 is 3.40. The Bertz CT molecular complexity index is 410. The Hall–Kier alpha value is -0.580. The number of nitrogens with one attached hydrogen (secondary N) is 1. The van der Waals surface area contributed by atoms with Crippen LogP contribution in [0.25, 0.3) is 0 Å². The number of hydrogen-bond donors (Lipinski definition) is 1. The van der Waals surface area contributed by atoms with Gasteiger partial charge in [0.25, 0.3) is 0 Å². The van der Waals surface area contributed by atoms with Crippen molar-refractivity contribution in [1.29, 1.82) is 0 Å². The highest BCUT2D eigenvalue weighted by Gasteiger charge is 2.25. The van der Waals surface area contributed by atoms with Crippen molar-refractivity contribution in [3.63, 3.8) is 0 Å². The summed E-state index contributed by atoms with van der Waals surface area (Å²) in [6.07, 6.45) is 1.63. The monoisotopic (exact) mass is 346 g/mol. The molecule has 1 aromatic carbocycles. The average Bonchev–Trinajstić information content (AvgIpc) is 2.81. The molecule has 0 aliphatic carbocycles. The molecule has 5 heteroatoms. The summed E-state index contributed by atoms with van der Waals surface area (Å²) in [7, 11) is 1.96. The first-order valence-electron chi connectivity index (χ1n) is 6.36. The molecule has 1 heterocycles. The maximum atomic E-state index is 12.1. The van der Waals surface area contributed by atoms with Gasteiger partial charge >= 0.3 is 0 Å². The number of rotatable bonds is 4. The number of benzene rings is 1. The van der Waals surface area contributed by atoms with Gasteiger partial charge in [0.1, 0.15) is 0 Å². The Morgan fingerprint density at radius 2 is 2.11 bits per heavy atom. The number of carbonyl (C=O) groups excluding carboxylic acids is 1. The molecule has 0 radical (unpaired) electrons. The highest BCUT2D eigenvalue weighted by Crippen LogP contribution is 2.17. The van der Waals surface area contributed by atoms with Gasteiger partial charge in [0.15, 0.2) is 0 Å². The molecule has 106 valence electrons. The van der Waals surface area contributed by atoms with E-state index < -0.39 is 0 Å². The van der Waals surface area contributed by atoms with Gasteiger partial charge in [0, 0.05) is 17.6 Å². The van der Waals surface area contributed by atoms with Gasteiger partial charge < -0.3 is 10.2 Å². The molecular weight excluding hydrogens is 328 g/mol. The van der Waals surface area contributed by atoms with E-state index in [1.54, 1.807) is 0 Å². The number of amides is 1. The lowest BCUT2D eigenvalue weighted by molar-refractivity contribution is -0.129. The molecule has 2 rings (SSSR count). The Morgan fingerprint density at radius 1 is 1.42 bits per heavy atom. The van der Waals surface area contributed by atoms with Crippen LogP contribution < -0.4 is 5.32 Å². The van der Waals surface area contributed by atoms with Crippen LogP contribution in [-0.2, 0) is 11.2 Å². The van der Waals surface area contributed by atoms with E-state index in [0.29, 0.717) is 12.3 Å². The van der Waals surface area contributed by atoms with Crippen LogP contribution >= 0.6 is 28.3 Å². The van der Waals surface area contributed by atoms with Gasteiger partial charge in [0.05, 0.1) is 6.42 Å². The van der Waals surface area contributed by atoms with Crippen molar-refractivity contribution >= 4 is 34.2 Å². The van der Waals surface area contributed by atoms with Crippen LogP contribution in [0.4, 0.5) is 0 Å². The minimum atomic E-state index is 0. The van der Waals surface area contributed by atoms with E-state index in [9.17, 15) is 4.79 Å². The molecule has 19 heavy (non-hydrogen) atoms. The molecule has 3 nitrogen and oxygen atoms in total. The number of halogens is 2. The van der Waals surface area contributed by atoms with Gasteiger partial charge in [-0.1, -0.05) is 28.1 Å². The summed E-state index contributed by atoms with van der Waals surface area (Å²) in [5.41, 5.74) is 1.08. The molecular formula is C14H20BrClN2O. The third-order valence-corrected chi connectivity index (χ3v) is 3.93. The molecule has 1 aliphatic rings. The van der Waals surface area contributed by atoms with Crippen LogP contribution in [0.3, 0.4) is 0 Å². The Morgan fingerprint density at radius 3 is 2.74 bits per heavy atom. The van der Waals surface area contributed by atoms with Gasteiger partial charge in [0.2, 0.25) is 5.91 Å². The molecule has 1 aromatic rings. The topological polar surface area (TPSA) is 32.3 Å². The predicted octanol–water partition coefficient (Wildman–Crippen LogP) is 2.48. The van der Waals surface area contributed by atoms with Crippen LogP contribution in [0.5, 0.6) is 0 Å². The number of hydrogen-bond acceptors (Lipinski definition) is 2. The van der Waals surface area contributed by atoms with Gasteiger partial charge in [-0.3, -0.25) is 4.79 Å². The molecule has 1 aliphatic heterocycles. The molecule has 1 fully saturated rings. The van der Waals surface area contributed by atoms with E-state index in [4.69, 9.17) is 0 Å². The van der Waals surface area contributed by atoms with Crippen LogP contribution in [-0.4, -0.2) is 37.5 Å². The van der Waals surface area contributed by atoms with Crippen molar-refractivity contribution in [1.82, 2.24) is 10.2 Å². The van der Waals surface area contributed by atoms with Gasteiger partial charge in [-0.25, -0.2) is 0 Å². The second-order valence-electron chi connectivity index (χ2n) is 4.86. The normalized spacial score (nSPS) is 18.2. The van der Waals surface area contributed by atoms with Crippen molar-refractivity contribution in [3.8, 4) is 0 Å². The lowest BCUT2D eigenvalue weighted by Crippen LogP contribution is -2.31. The molecule has 0 spiro atoms. The van der Waals surface area contributed by atoms with Crippen LogP contribution in [0.2, 0.25) is 0 Å². The number of nitrogens with zero attached hydrogens (tertiary/aromatic N) is 1. The zero-order chi connectivity index (χ0) is 13.0. The van der Waals surface area contributed by atoms with E-state index in [1.165, 1.54) is 0 Å². The fourth-order valence-corrected chi connectivity index (χ4v) is 2.67. The van der Waals surface area contributed by atoms with Crippen molar-refractivity contribution in [2.24, 2.45) is 5.92 Å². The summed E-state index contributed by atoms with van der Waals surface area (Å²) < 4.78 is 1.05. The van der Waals surface area contributed by atoms with Gasteiger partial charge in [-0.2, -0.15) is 0 Å². The van der Waals surface area contributed by atoms with Gasteiger partial charge in [-0.15, -0.1) is 12.4 Å². The zero-order valence-electron chi connectivity index (χ0n) is 11.1. The molecule has 1 amide bonds. The smallest absolute Gasteiger partial charge is 0.226 e. The molecule has 1 atom stereocenters. The second kappa shape index (κ2) is 7.88. The second-order valence-corrected chi connectivity index (χ2v) is 5.77. The standard InChI is InChI=1S/C14H19BrN2O.ClH/c1-16-9-12-6-7-17(10-12)14(18)8-11-2-4-13(15)5-3-11;/h2-5,12,16H,6-10H2,1H3;1H. The Labute approximate surface area is 129 Å². The highest BCUT2D eigenvalue weighted by molar-refractivity contribution is 9.10. The van der Waals surface area contributed by atoms with E-state index in [2.05, 4.69) is 21.2 Å². The van der Waals surface area contributed by atoms with Crippen molar-refractivity contribution < 1.29 is 4.79 Å². The number of carbonyl (C=O) groups is 1. The minimum absolute atomic E-state index is 0. The number of likely N-dealkylation sites (tertiary alicyclic amines) is 1. The summed E-state index contributed by atoms with van der Waals surface area (Å²) in [5, 5.41) is 3.18. The summed E-state index contributed by atoms with van der Waals surface area (Å²) in [5.74, 6) is 0.861. The zero-order valence-corrected chi connectivity index (χ0v) is 13.5. The quantitative estimate of drug-likeness (QED) is 0.907. The summed E-state index contributed by atoms with van der Waals surface area (Å²) in [4.78, 5) is 14.1. The fraction of sp³-hybridized carbons (Fsp3) is 0.500. The van der Waals surface area contributed by atoms with Crippen LogP contribution in [0.1, 0.15) is 12.0 Å². The summed E-state index contributed by atoms with van der Waals surface area (Å²) in [6, 6.07) is 7.97. The molecule has 1 unspecified atom stereocenters. The Balaban J connectivity index is 0.00000180. The van der Waals surface area contributed by atoms with Crippen molar-refractivity contribution in [2.75, 3.05) is 26.7 Å². The third kappa shape index (κ3) is 4.79. The molecule has 1 saturated heterocycles. The first-order valence-corrected chi connectivity index (χ1v) is 7.15. The molecule has 0 saturated carbocycles. The van der Waals surface area contributed by atoms with E-state index in [-0.39, 0.29) is 18.3 Å². The maximum Gasteiger partial charge on any atom is 0.226 e. The first kappa shape index (κ1) is 16.5. The highest BCUT2D eigenvalue weighted by atomic mass is 79.9. The molecule has 0 aromatic heterocycles. The van der Waals surface area contributed by atoms with E-state index in [0.717, 1.165) is 36.1 Å². The average molecular weight is 348 g/mol. The SMILES string of the molecule is CNCC1CCN(C(=O)Cc2ccc(Br)cc2)C1.Cl.